The topological polar surface area (TPSA) is 150 Å². The Bertz CT molecular complexity index is 3640. The number of nitrogens with zero attached hydrogens (tertiary/aromatic N) is 4. The molecule has 376 valence electrons. The SMILES string of the molecule is O=C1c2cc(Br)c3c4c(c(Br)cc(c24)C(=O)N1CCc1ccccc1)C(=O)N(CCc1ccccc1)C3=O.O=C1c2cc(Br)c3c4c(cc(Br)c(c24)C(=O)N1CCc1ccccc1)C(=O)N(CCc1ccccc1)C3=O. The molecule has 0 saturated heterocycles. The molecule has 8 aromatic carbocycles. The lowest BCUT2D eigenvalue weighted by Crippen LogP contribution is -2.44. The minimum atomic E-state index is -0.452. The van der Waals surface area contributed by atoms with Crippen LogP contribution in [-0.2, 0) is 25.7 Å². The summed E-state index contributed by atoms with van der Waals surface area (Å²) in [4.78, 5) is 114. The quantitative estimate of drug-likeness (QED) is 0.110. The van der Waals surface area contributed by atoms with Crippen molar-refractivity contribution in [2.24, 2.45) is 0 Å². The van der Waals surface area contributed by atoms with Gasteiger partial charge in [-0.1, -0.05) is 121 Å². The minimum absolute atomic E-state index is 0.204. The van der Waals surface area contributed by atoms with Crippen molar-refractivity contribution in [3.63, 3.8) is 0 Å². The Morgan fingerprint density at radius 2 is 0.474 bits per heavy atom. The Labute approximate surface area is 469 Å². The first-order valence-corrected chi connectivity index (χ1v) is 27.5. The summed E-state index contributed by atoms with van der Waals surface area (Å²) < 4.78 is 1.67. The molecular formula is C60H40Br4N4O8. The molecule has 4 aliphatic heterocycles. The summed E-state index contributed by atoms with van der Waals surface area (Å²) in [5, 5.41) is 1.40. The fourth-order valence-corrected chi connectivity index (χ4v) is 12.9. The molecule has 4 heterocycles. The zero-order valence-corrected chi connectivity index (χ0v) is 46.4. The van der Waals surface area contributed by atoms with Crippen LogP contribution in [-0.4, -0.2) is 93.0 Å². The third kappa shape index (κ3) is 8.84. The second-order valence-electron chi connectivity index (χ2n) is 18.6. The molecule has 12 rings (SSSR count). The van der Waals surface area contributed by atoms with Crippen molar-refractivity contribution < 1.29 is 38.4 Å². The van der Waals surface area contributed by atoms with Crippen LogP contribution in [0.25, 0.3) is 21.5 Å². The van der Waals surface area contributed by atoms with Gasteiger partial charge in [0, 0.05) is 87.9 Å². The number of hydrogen-bond donors (Lipinski definition) is 0. The van der Waals surface area contributed by atoms with Crippen LogP contribution in [0.3, 0.4) is 0 Å². The lowest BCUT2D eigenvalue weighted by Gasteiger charge is -2.33. The molecule has 0 saturated carbocycles. The Balaban J connectivity index is 0.000000162. The fraction of sp³-hybridized carbons (Fsp3) is 0.133. The highest BCUT2D eigenvalue weighted by atomic mass is 79.9. The van der Waals surface area contributed by atoms with Crippen LogP contribution in [0, 0.1) is 0 Å². The smallest absolute Gasteiger partial charge is 0.262 e. The summed E-state index contributed by atoms with van der Waals surface area (Å²) in [5.74, 6) is -3.56. The number of rotatable bonds is 12. The molecule has 8 aromatic rings. The number of amides is 8. The second kappa shape index (κ2) is 20.7. The minimum Gasteiger partial charge on any atom is -0.274 e. The molecule has 0 bridgehead atoms. The van der Waals surface area contributed by atoms with E-state index in [4.69, 9.17) is 0 Å². The maximum atomic E-state index is 13.7. The van der Waals surface area contributed by atoms with E-state index < -0.39 is 47.3 Å². The van der Waals surface area contributed by atoms with Crippen molar-refractivity contribution in [2.45, 2.75) is 25.7 Å². The maximum Gasteiger partial charge on any atom is 0.262 e. The van der Waals surface area contributed by atoms with Crippen molar-refractivity contribution in [1.82, 2.24) is 19.6 Å². The number of carbonyl (C=O) groups is 8. The van der Waals surface area contributed by atoms with E-state index in [-0.39, 0.29) is 37.3 Å². The highest BCUT2D eigenvalue weighted by molar-refractivity contribution is 9.11. The van der Waals surface area contributed by atoms with Crippen LogP contribution in [0.1, 0.15) is 105 Å². The van der Waals surface area contributed by atoms with Gasteiger partial charge < -0.3 is 0 Å². The first-order valence-electron chi connectivity index (χ1n) is 24.3. The molecule has 0 unspecified atom stereocenters. The Kier molecular flexibility index (Phi) is 13.9. The highest BCUT2D eigenvalue weighted by Crippen LogP contribution is 2.46. The van der Waals surface area contributed by atoms with Gasteiger partial charge in [0.2, 0.25) is 0 Å². The van der Waals surface area contributed by atoms with Gasteiger partial charge in [-0.3, -0.25) is 58.0 Å². The summed E-state index contributed by atoms with van der Waals surface area (Å²) in [6.07, 6.45) is 2.05. The summed E-state index contributed by atoms with van der Waals surface area (Å²) in [5.41, 5.74) is 6.37. The van der Waals surface area contributed by atoms with Gasteiger partial charge in [0.1, 0.15) is 0 Å². The Hall–Kier alpha value is -7.24. The zero-order valence-electron chi connectivity index (χ0n) is 40.1. The largest absolute Gasteiger partial charge is 0.274 e. The molecule has 76 heavy (non-hydrogen) atoms. The lowest BCUT2D eigenvalue weighted by atomic mass is 9.85. The summed E-state index contributed by atoms with van der Waals surface area (Å²) in [6.45, 7) is 0.838. The second-order valence-corrected chi connectivity index (χ2v) is 22.0. The van der Waals surface area contributed by atoms with Crippen LogP contribution in [0.5, 0.6) is 0 Å². The first kappa shape index (κ1) is 50.9. The van der Waals surface area contributed by atoms with E-state index in [0.29, 0.717) is 98.5 Å². The lowest BCUT2D eigenvalue weighted by molar-refractivity contribution is 0.0589. The maximum absolute atomic E-state index is 13.7. The Morgan fingerprint density at radius 1 is 0.263 bits per heavy atom. The molecule has 8 amide bonds. The van der Waals surface area contributed by atoms with Crippen LogP contribution in [0.15, 0.2) is 163 Å². The van der Waals surface area contributed by atoms with E-state index in [1.165, 1.54) is 19.6 Å². The molecule has 12 nitrogen and oxygen atoms in total. The standard InChI is InChI=1S/2C30H20Br2N2O4/c31-21-16-20-24-23-19(27(35)33(29(37)25(21)23)13-11-17-7-3-1-4-8-17)15-22(32)26(24)30(38)34(28(20)36)14-12-18-9-5-2-6-10-18;31-21-15-19-23-20(28(36)33(27(19)35)13-11-17-7-3-1-4-8-17)16-22(32)25-26(23)24(21)29(37)34(30(25)38)14-12-18-9-5-2-6-10-18/h2*1-10,15-16H,11-14H2. The normalized spacial score (nSPS) is 14.6. The number of carbonyl (C=O) groups excluding carboxylic acids is 8. The molecule has 0 spiro atoms. The molecule has 0 N–H and O–H groups in total. The molecule has 0 fully saturated rings. The van der Waals surface area contributed by atoms with Crippen LogP contribution in [0.2, 0.25) is 0 Å². The number of benzene rings is 8. The highest BCUT2D eigenvalue weighted by Gasteiger charge is 2.44. The van der Waals surface area contributed by atoms with Crippen molar-refractivity contribution in [2.75, 3.05) is 26.2 Å². The molecule has 16 heteroatoms. The van der Waals surface area contributed by atoms with E-state index in [9.17, 15) is 38.4 Å². The first-order chi connectivity index (χ1) is 36.7. The van der Waals surface area contributed by atoms with Gasteiger partial charge >= 0.3 is 0 Å². The van der Waals surface area contributed by atoms with E-state index in [2.05, 4.69) is 63.7 Å². The van der Waals surface area contributed by atoms with Crippen molar-refractivity contribution in [3.8, 4) is 0 Å². The third-order valence-corrected chi connectivity index (χ3v) is 16.7. The van der Waals surface area contributed by atoms with Crippen molar-refractivity contribution in [1.29, 1.82) is 0 Å². The van der Waals surface area contributed by atoms with Crippen LogP contribution < -0.4 is 0 Å². The average molecular weight is 1260 g/mol. The molecule has 0 aromatic heterocycles. The summed E-state index contributed by atoms with van der Waals surface area (Å²) in [7, 11) is 0. The van der Waals surface area contributed by atoms with Gasteiger partial charge in [-0.25, -0.2) is 0 Å². The monoisotopic (exact) mass is 1260 g/mol. The van der Waals surface area contributed by atoms with Crippen LogP contribution in [0.4, 0.5) is 0 Å². The summed E-state index contributed by atoms with van der Waals surface area (Å²) >= 11 is 14.0. The summed E-state index contributed by atoms with van der Waals surface area (Å²) in [6, 6.07) is 45.0. The fourth-order valence-electron chi connectivity index (χ4n) is 10.5. The van der Waals surface area contributed by atoms with Gasteiger partial charge in [-0.2, -0.15) is 0 Å². The third-order valence-electron chi connectivity index (χ3n) is 14.2. The predicted molar refractivity (Wildman–Crippen MR) is 301 cm³/mol. The molecule has 0 radical (unpaired) electrons. The van der Waals surface area contributed by atoms with Gasteiger partial charge in [0.25, 0.3) is 47.3 Å². The molecule has 4 aliphatic rings. The van der Waals surface area contributed by atoms with Gasteiger partial charge in [0.05, 0.1) is 22.3 Å². The number of hydrogen-bond acceptors (Lipinski definition) is 8. The van der Waals surface area contributed by atoms with Gasteiger partial charge in [-0.15, -0.1) is 0 Å². The molecule has 0 atom stereocenters. The number of imide groups is 4. The van der Waals surface area contributed by atoms with E-state index >= 15 is 0 Å². The van der Waals surface area contributed by atoms with Crippen LogP contribution >= 0.6 is 63.7 Å². The molecular weight excluding hydrogens is 1220 g/mol. The zero-order chi connectivity index (χ0) is 53.1. The number of halogens is 4. The van der Waals surface area contributed by atoms with E-state index in [1.807, 2.05) is 121 Å². The van der Waals surface area contributed by atoms with Gasteiger partial charge in [-0.05, 0) is 136 Å². The van der Waals surface area contributed by atoms with Crippen molar-refractivity contribution in [3.05, 3.63) is 230 Å². The predicted octanol–water partition coefficient (Wildman–Crippen LogP) is 12.1. The van der Waals surface area contributed by atoms with E-state index in [1.54, 1.807) is 24.3 Å². The molecule has 0 aliphatic carbocycles. The van der Waals surface area contributed by atoms with E-state index in [0.717, 1.165) is 22.3 Å². The Morgan fingerprint density at radius 3 is 0.737 bits per heavy atom. The van der Waals surface area contributed by atoms with Gasteiger partial charge in [0.15, 0.2) is 0 Å². The van der Waals surface area contributed by atoms with Crippen molar-refractivity contribution >= 4 is 133 Å². The average Bonchev–Trinajstić information content (AvgIpc) is 3.61.